The number of benzene rings is 1. The van der Waals surface area contributed by atoms with Crippen molar-refractivity contribution in [1.82, 2.24) is 5.32 Å². The molecule has 2 N–H and O–H groups in total. The van der Waals surface area contributed by atoms with Crippen LogP contribution >= 0.6 is 0 Å². The van der Waals surface area contributed by atoms with Crippen LogP contribution in [0.5, 0.6) is 11.5 Å². The predicted octanol–water partition coefficient (Wildman–Crippen LogP) is -0.110. The number of carbonyl (C=O) groups excluding carboxylic acids is 1. The predicted molar refractivity (Wildman–Crippen MR) is 80.7 cm³/mol. The van der Waals surface area contributed by atoms with Gasteiger partial charge in [-0.05, 0) is 6.07 Å². The third-order valence-electron chi connectivity index (χ3n) is 4.22. The van der Waals surface area contributed by atoms with Crippen LogP contribution in [0.15, 0.2) is 18.2 Å². The molecule has 1 aromatic carbocycles. The minimum Gasteiger partial charge on any atom is -0.497 e. The van der Waals surface area contributed by atoms with Crippen molar-refractivity contribution >= 4 is 5.91 Å². The SMILES string of the molecule is COc1ccc(CC(=O)N[C@H]2CO[C@H]3[C@@H]2OC[C@H]3O)c(OC)c1. The largest absolute Gasteiger partial charge is 0.497 e. The number of hydrogen-bond acceptors (Lipinski definition) is 6. The van der Waals surface area contributed by atoms with Gasteiger partial charge in [0.15, 0.2) is 0 Å². The third kappa shape index (κ3) is 3.26. The van der Waals surface area contributed by atoms with Gasteiger partial charge in [-0.1, -0.05) is 6.07 Å². The maximum Gasteiger partial charge on any atom is 0.224 e. The van der Waals surface area contributed by atoms with Gasteiger partial charge in [0.25, 0.3) is 0 Å². The van der Waals surface area contributed by atoms with E-state index in [-0.39, 0.29) is 37.2 Å². The number of fused-ring (bicyclic) bond motifs is 1. The number of methoxy groups -OCH3 is 2. The van der Waals surface area contributed by atoms with E-state index in [1.807, 2.05) is 0 Å². The van der Waals surface area contributed by atoms with Crippen LogP contribution in [-0.4, -0.2) is 62.8 Å². The Hall–Kier alpha value is -1.83. The first-order valence-corrected chi connectivity index (χ1v) is 7.54. The van der Waals surface area contributed by atoms with Gasteiger partial charge >= 0.3 is 0 Å². The lowest BCUT2D eigenvalue weighted by atomic mass is 10.1. The van der Waals surface area contributed by atoms with Crippen molar-refractivity contribution in [3.05, 3.63) is 23.8 Å². The summed E-state index contributed by atoms with van der Waals surface area (Å²) < 4.78 is 21.4. The molecular formula is C16H21NO6. The molecule has 0 radical (unpaired) electrons. The summed E-state index contributed by atoms with van der Waals surface area (Å²) in [5.41, 5.74) is 0.772. The van der Waals surface area contributed by atoms with E-state index < -0.39 is 6.10 Å². The average molecular weight is 323 g/mol. The summed E-state index contributed by atoms with van der Waals surface area (Å²) in [6.45, 7) is 0.589. The average Bonchev–Trinajstić information content (AvgIpc) is 3.12. The molecule has 0 spiro atoms. The highest BCUT2D eigenvalue weighted by Crippen LogP contribution is 2.28. The molecule has 2 aliphatic rings. The maximum absolute atomic E-state index is 12.3. The maximum atomic E-state index is 12.3. The second-order valence-corrected chi connectivity index (χ2v) is 5.69. The van der Waals surface area contributed by atoms with Crippen LogP contribution in [0.1, 0.15) is 5.56 Å². The monoisotopic (exact) mass is 323 g/mol. The fraction of sp³-hybridized carbons (Fsp3) is 0.562. The molecule has 0 saturated carbocycles. The molecule has 23 heavy (non-hydrogen) atoms. The number of amides is 1. The normalized spacial score (nSPS) is 29.2. The van der Waals surface area contributed by atoms with E-state index in [1.165, 1.54) is 0 Å². The first kappa shape index (κ1) is 16.0. The molecule has 1 aromatic rings. The Balaban J connectivity index is 1.62. The van der Waals surface area contributed by atoms with Crippen molar-refractivity contribution in [1.29, 1.82) is 0 Å². The zero-order valence-corrected chi connectivity index (χ0v) is 13.2. The van der Waals surface area contributed by atoms with Crippen LogP contribution in [-0.2, 0) is 20.7 Å². The Morgan fingerprint density at radius 2 is 2.04 bits per heavy atom. The molecule has 2 aliphatic heterocycles. The Bertz CT molecular complexity index is 578. The van der Waals surface area contributed by atoms with Gasteiger partial charge in [0, 0.05) is 11.6 Å². The van der Waals surface area contributed by atoms with Gasteiger partial charge in [0.2, 0.25) is 5.91 Å². The fourth-order valence-corrected chi connectivity index (χ4v) is 3.03. The molecule has 0 aromatic heterocycles. The molecule has 4 atom stereocenters. The molecule has 3 rings (SSSR count). The van der Waals surface area contributed by atoms with Gasteiger partial charge in [0.1, 0.15) is 29.8 Å². The van der Waals surface area contributed by atoms with E-state index >= 15 is 0 Å². The first-order valence-electron chi connectivity index (χ1n) is 7.54. The highest BCUT2D eigenvalue weighted by molar-refractivity contribution is 5.79. The second kappa shape index (κ2) is 6.74. The number of ether oxygens (including phenoxy) is 4. The van der Waals surface area contributed by atoms with Gasteiger partial charge in [-0.25, -0.2) is 0 Å². The molecule has 126 valence electrons. The van der Waals surface area contributed by atoms with Crippen molar-refractivity contribution in [2.75, 3.05) is 27.4 Å². The number of nitrogens with one attached hydrogen (secondary N) is 1. The van der Waals surface area contributed by atoms with Crippen molar-refractivity contribution < 1.29 is 28.8 Å². The van der Waals surface area contributed by atoms with E-state index in [0.29, 0.717) is 18.1 Å². The minimum atomic E-state index is -0.622. The first-order chi connectivity index (χ1) is 11.1. The van der Waals surface area contributed by atoms with E-state index in [1.54, 1.807) is 32.4 Å². The summed E-state index contributed by atoms with van der Waals surface area (Å²) in [4.78, 5) is 12.3. The van der Waals surface area contributed by atoms with Crippen LogP contribution in [0.2, 0.25) is 0 Å². The second-order valence-electron chi connectivity index (χ2n) is 5.69. The van der Waals surface area contributed by atoms with Crippen LogP contribution in [0, 0.1) is 0 Å². The number of aliphatic hydroxyl groups is 1. The lowest BCUT2D eigenvalue weighted by molar-refractivity contribution is -0.121. The van der Waals surface area contributed by atoms with Crippen LogP contribution < -0.4 is 14.8 Å². The number of aliphatic hydroxyl groups excluding tert-OH is 1. The number of hydrogen-bond donors (Lipinski definition) is 2. The van der Waals surface area contributed by atoms with Gasteiger partial charge in [-0.15, -0.1) is 0 Å². The molecule has 0 aliphatic carbocycles. The van der Waals surface area contributed by atoms with E-state index in [4.69, 9.17) is 18.9 Å². The van der Waals surface area contributed by atoms with Crippen LogP contribution in [0.3, 0.4) is 0 Å². The lowest BCUT2D eigenvalue weighted by Gasteiger charge is -2.18. The van der Waals surface area contributed by atoms with Gasteiger partial charge in [0.05, 0.1) is 39.9 Å². The van der Waals surface area contributed by atoms with Crippen LogP contribution in [0.4, 0.5) is 0 Å². The highest BCUT2D eigenvalue weighted by Gasteiger charge is 2.47. The number of carbonyl (C=O) groups is 1. The molecular weight excluding hydrogens is 302 g/mol. The summed E-state index contributed by atoms with van der Waals surface area (Å²) in [7, 11) is 3.13. The molecule has 2 fully saturated rings. The van der Waals surface area contributed by atoms with E-state index in [2.05, 4.69) is 5.32 Å². The Labute approximate surface area is 134 Å². The highest BCUT2D eigenvalue weighted by atomic mass is 16.6. The number of rotatable bonds is 5. The Kier molecular flexibility index (Phi) is 4.70. The van der Waals surface area contributed by atoms with Gasteiger partial charge < -0.3 is 29.4 Å². The lowest BCUT2D eigenvalue weighted by Crippen LogP contribution is -2.44. The summed E-state index contributed by atoms with van der Waals surface area (Å²) in [5.74, 6) is 1.13. The quantitative estimate of drug-likeness (QED) is 0.786. The zero-order valence-electron chi connectivity index (χ0n) is 13.2. The Morgan fingerprint density at radius 3 is 2.78 bits per heavy atom. The van der Waals surface area contributed by atoms with E-state index in [9.17, 15) is 9.90 Å². The molecule has 2 saturated heterocycles. The molecule has 7 nitrogen and oxygen atoms in total. The van der Waals surface area contributed by atoms with Crippen molar-refractivity contribution in [2.24, 2.45) is 0 Å². The van der Waals surface area contributed by atoms with Gasteiger partial charge in [-0.3, -0.25) is 4.79 Å². The summed E-state index contributed by atoms with van der Waals surface area (Å²) >= 11 is 0. The van der Waals surface area contributed by atoms with Crippen molar-refractivity contribution in [2.45, 2.75) is 30.8 Å². The van der Waals surface area contributed by atoms with Crippen molar-refractivity contribution in [3.63, 3.8) is 0 Å². The summed E-state index contributed by atoms with van der Waals surface area (Å²) in [6.07, 6.45) is -1.07. The molecule has 7 heteroatoms. The smallest absolute Gasteiger partial charge is 0.224 e. The summed E-state index contributed by atoms with van der Waals surface area (Å²) in [5, 5.41) is 12.6. The topological polar surface area (TPSA) is 86.3 Å². The summed E-state index contributed by atoms with van der Waals surface area (Å²) in [6, 6.07) is 5.10. The van der Waals surface area contributed by atoms with Crippen LogP contribution in [0.25, 0.3) is 0 Å². The zero-order chi connectivity index (χ0) is 16.4. The third-order valence-corrected chi connectivity index (χ3v) is 4.22. The minimum absolute atomic E-state index is 0.146. The Morgan fingerprint density at radius 1 is 1.26 bits per heavy atom. The molecule has 1 amide bonds. The van der Waals surface area contributed by atoms with Crippen molar-refractivity contribution in [3.8, 4) is 11.5 Å². The molecule has 0 unspecified atom stereocenters. The molecule has 2 heterocycles. The van der Waals surface area contributed by atoms with E-state index in [0.717, 1.165) is 5.56 Å². The standard InChI is InChI=1S/C16H21NO6/c1-20-10-4-3-9(13(6-10)21-2)5-14(19)17-11-7-22-16-12(18)8-23-15(11)16/h3-4,6,11-12,15-16,18H,5,7-8H2,1-2H3,(H,17,19)/t11-,12+,15+,16+/m0/s1. The van der Waals surface area contributed by atoms with Gasteiger partial charge in [-0.2, -0.15) is 0 Å². The molecule has 0 bridgehead atoms. The fourth-order valence-electron chi connectivity index (χ4n) is 3.03.